The molecule has 166 valence electrons. The molecule has 2 saturated heterocycles. The molecule has 0 amide bonds. The van der Waals surface area contributed by atoms with Crippen molar-refractivity contribution < 1.29 is 23.4 Å². The lowest BCUT2D eigenvalue weighted by Gasteiger charge is -2.37. The number of nitrogens with zero attached hydrogens (tertiary/aromatic N) is 4. The molecule has 1 unspecified atom stereocenters. The molecule has 2 N–H and O–H groups in total. The summed E-state index contributed by atoms with van der Waals surface area (Å²) >= 11 is 0. The number of aromatic nitrogens is 4. The SMILES string of the molecule is COC1O[C@@H]2[C@@H](CO[Si](C)(C)C(C)(C)C)O[C@@H](n3cnc4c(N)ncnc43)[C@]2(C)O1. The molecule has 5 atom stereocenters. The molecule has 0 bridgehead atoms. The molecule has 2 aromatic rings. The zero-order chi connectivity index (χ0) is 21.9. The van der Waals surface area contributed by atoms with Gasteiger partial charge in [-0.15, -0.1) is 0 Å². The van der Waals surface area contributed by atoms with Crippen molar-refractivity contribution in [3.8, 4) is 0 Å². The summed E-state index contributed by atoms with van der Waals surface area (Å²) in [6.45, 7) is 12.6. The second-order valence-electron chi connectivity index (χ2n) is 9.56. The minimum absolute atomic E-state index is 0.0887. The van der Waals surface area contributed by atoms with Gasteiger partial charge in [-0.3, -0.25) is 4.57 Å². The minimum atomic E-state index is -1.97. The molecule has 4 heterocycles. The van der Waals surface area contributed by atoms with Crippen molar-refractivity contribution in [2.24, 2.45) is 0 Å². The molecule has 0 saturated carbocycles. The monoisotopic (exact) mass is 437 g/mol. The number of rotatable bonds is 5. The van der Waals surface area contributed by atoms with Crippen molar-refractivity contribution >= 4 is 25.3 Å². The molecule has 2 aliphatic heterocycles. The summed E-state index contributed by atoms with van der Waals surface area (Å²) in [7, 11) is -0.421. The highest BCUT2D eigenvalue weighted by Crippen LogP contribution is 2.49. The van der Waals surface area contributed by atoms with E-state index in [9.17, 15) is 0 Å². The van der Waals surface area contributed by atoms with Crippen LogP contribution < -0.4 is 5.73 Å². The summed E-state index contributed by atoms with van der Waals surface area (Å²) in [5.41, 5.74) is 6.22. The normalized spacial score (nSPS) is 32.1. The van der Waals surface area contributed by atoms with Crippen LogP contribution in [0.4, 0.5) is 5.82 Å². The molecule has 0 spiro atoms. The molecule has 4 rings (SSSR count). The van der Waals surface area contributed by atoms with E-state index >= 15 is 0 Å². The van der Waals surface area contributed by atoms with E-state index in [1.165, 1.54) is 6.33 Å². The first-order chi connectivity index (χ1) is 14.0. The van der Waals surface area contributed by atoms with Gasteiger partial charge in [0.05, 0.1) is 12.9 Å². The van der Waals surface area contributed by atoms with Gasteiger partial charge in [-0.25, -0.2) is 15.0 Å². The first kappa shape index (κ1) is 21.6. The van der Waals surface area contributed by atoms with E-state index in [4.69, 9.17) is 29.1 Å². The third kappa shape index (κ3) is 3.33. The first-order valence-electron chi connectivity index (χ1n) is 10.1. The minimum Gasteiger partial charge on any atom is -0.414 e. The number of ether oxygens (including phenoxy) is 4. The lowest BCUT2D eigenvalue weighted by molar-refractivity contribution is -0.268. The molecule has 2 aliphatic rings. The standard InChI is InChI=1S/C19H31N5O5Si/c1-18(2,3)30(6,7)26-8-11-13-19(4,29-17(25-5)28-13)16(27-11)24-10-23-12-14(20)21-9-22-15(12)24/h9-11,13,16-17H,8H2,1-7H3,(H2,20,21,22)/t11-,13-,16-,17?,19-/m1/s1. The molecular formula is C19H31N5O5Si. The maximum atomic E-state index is 6.44. The van der Waals surface area contributed by atoms with Gasteiger partial charge in [-0.2, -0.15) is 0 Å². The van der Waals surface area contributed by atoms with Gasteiger partial charge < -0.3 is 29.1 Å². The van der Waals surface area contributed by atoms with Crippen molar-refractivity contribution in [3.63, 3.8) is 0 Å². The van der Waals surface area contributed by atoms with Crippen LogP contribution in [-0.2, 0) is 23.4 Å². The number of anilines is 1. The van der Waals surface area contributed by atoms with E-state index in [1.807, 2.05) is 11.5 Å². The van der Waals surface area contributed by atoms with E-state index in [0.29, 0.717) is 23.6 Å². The van der Waals surface area contributed by atoms with Crippen LogP contribution in [0.15, 0.2) is 12.7 Å². The molecule has 10 nitrogen and oxygen atoms in total. The van der Waals surface area contributed by atoms with Gasteiger partial charge in [-0.1, -0.05) is 20.8 Å². The fourth-order valence-electron chi connectivity index (χ4n) is 3.71. The summed E-state index contributed by atoms with van der Waals surface area (Å²) in [5, 5.41) is 0.0887. The molecule has 0 aliphatic carbocycles. The Kier molecular flexibility index (Phi) is 5.19. The average molecular weight is 438 g/mol. The Morgan fingerprint density at radius 2 is 1.97 bits per heavy atom. The predicted molar refractivity (Wildman–Crippen MR) is 112 cm³/mol. The smallest absolute Gasteiger partial charge is 0.272 e. The van der Waals surface area contributed by atoms with Crippen LogP contribution in [0.3, 0.4) is 0 Å². The molecule has 2 aromatic heterocycles. The molecule has 30 heavy (non-hydrogen) atoms. The summed E-state index contributed by atoms with van der Waals surface area (Å²) in [6, 6.07) is 0. The summed E-state index contributed by atoms with van der Waals surface area (Å²) in [6.07, 6.45) is 1.78. The lowest BCUT2D eigenvalue weighted by Crippen LogP contribution is -2.46. The third-order valence-electron chi connectivity index (χ3n) is 6.55. The van der Waals surface area contributed by atoms with E-state index in [-0.39, 0.29) is 17.2 Å². The highest BCUT2D eigenvalue weighted by molar-refractivity contribution is 6.74. The Bertz CT molecular complexity index is 932. The van der Waals surface area contributed by atoms with Crippen molar-refractivity contribution in [2.45, 2.75) is 76.3 Å². The quantitative estimate of drug-likeness (QED) is 0.704. The topological polar surface area (TPSA) is 116 Å². The van der Waals surface area contributed by atoms with E-state index in [0.717, 1.165) is 0 Å². The number of nitrogen functional groups attached to an aromatic ring is 1. The van der Waals surface area contributed by atoms with Crippen LogP contribution >= 0.6 is 0 Å². The van der Waals surface area contributed by atoms with Crippen molar-refractivity contribution in [1.29, 1.82) is 0 Å². The number of methoxy groups -OCH3 is 1. The van der Waals surface area contributed by atoms with Gasteiger partial charge in [0, 0.05) is 7.11 Å². The fraction of sp³-hybridized carbons (Fsp3) is 0.737. The number of fused-ring (bicyclic) bond motifs is 2. The van der Waals surface area contributed by atoms with Crippen LogP contribution in [0.2, 0.25) is 18.1 Å². The largest absolute Gasteiger partial charge is 0.414 e. The van der Waals surface area contributed by atoms with Gasteiger partial charge in [-0.05, 0) is 25.1 Å². The van der Waals surface area contributed by atoms with Crippen LogP contribution in [0, 0.1) is 0 Å². The third-order valence-corrected chi connectivity index (χ3v) is 11.1. The van der Waals surface area contributed by atoms with Gasteiger partial charge >= 0.3 is 0 Å². The van der Waals surface area contributed by atoms with Gasteiger partial charge in [0.25, 0.3) is 6.48 Å². The van der Waals surface area contributed by atoms with Gasteiger partial charge in [0.15, 0.2) is 26.0 Å². The molecule has 2 fully saturated rings. The number of nitrogens with two attached hydrogens (primary N) is 1. The number of hydrogen-bond acceptors (Lipinski definition) is 9. The molecule has 11 heteroatoms. The Labute approximate surface area is 177 Å². The lowest BCUT2D eigenvalue weighted by atomic mass is 9.96. The number of imidazole rings is 1. The van der Waals surface area contributed by atoms with Crippen LogP contribution in [-0.4, -0.2) is 65.8 Å². The van der Waals surface area contributed by atoms with E-state index in [1.54, 1.807) is 13.4 Å². The molecular weight excluding hydrogens is 406 g/mol. The summed E-state index contributed by atoms with van der Waals surface area (Å²) < 4.78 is 32.2. The molecule has 0 radical (unpaired) electrons. The fourth-order valence-corrected chi connectivity index (χ4v) is 4.72. The zero-order valence-corrected chi connectivity index (χ0v) is 19.6. The summed E-state index contributed by atoms with van der Waals surface area (Å²) in [5.74, 6) is 0.314. The second-order valence-corrected chi connectivity index (χ2v) is 14.4. The number of hydrogen-bond donors (Lipinski definition) is 1. The van der Waals surface area contributed by atoms with Crippen molar-refractivity contribution in [2.75, 3.05) is 19.5 Å². The van der Waals surface area contributed by atoms with Crippen molar-refractivity contribution in [1.82, 2.24) is 19.5 Å². The maximum absolute atomic E-state index is 6.44. The van der Waals surface area contributed by atoms with E-state index < -0.39 is 26.6 Å². The zero-order valence-electron chi connectivity index (χ0n) is 18.6. The van der Waals surface area contributed by atoms with Gasteiger partial charge in [0.2, 0.25) is 0 Å². The van der Waals surface area contributed by atoms with Crippen LogP contribution in [0.1, 0.15) is 33.9 Å². The predicted octanol–water partition coefficient (Wildman–Crippen LogP) is 2.43. The summed E-state index contributed by atoms with van der Waals surface area (Å²) in [4.78, 5) is 12.7. The van der Waals surface area contributed by atoms with E-state index in [2.05, 4.69) is 48.8 Å². The Hall–Kier alpha value is -1.63. The van der Waals surface area contributed by atoms with Crippen LogP contribution in [0.5, 0.6) is 0 Å². The van der Waals surface area contributed by atoms with Crippen LogP contribution in [0.25, 0.3) is 11.2 Å². The Morgan fingerprint density at radius 1 is 1.23 bits per heavy atom. The second kappa shape index (κ2) is 7.21. The average Bonchev–Trinajstić information content (AvgIpc) is 3.30. The molecule has 0 aromatic carbocycles. The maximum Gasteiger partial charge on any atom is 0.272 e. The Morgan fingerprint density at radius 3 is 2.63 bits per heavy atom. The highest BCUT2D eigenvalue weighted by Gasteiger charge is 2.63. The first-order valence-corrected chi connectivity index (χ1v) is 13.0. The van der Waals surface area contributed by atoms with Gasteiger partial charge in [0.1, 0.15) is 29.7 Å². The van der Waals surface area contributed by atoms with Crippen molar-refractivity contribution in [3.05, 3.63) is 12.7 Å². The Balaban J connectivity index is 1.66. The highest BCUT2D eigenvalue weighted by atomic mass is 28.4.